The number of hydrogen-bond acceptors (Lipinski definition) is 6. The fourth-order valence-corrected chi connectivity index (χ4v) is 4.50. The molecule has 2 amide bonds. The van der Waals surface area contributed by atoms with E-state index < -0.39 is 0 Å². The Hall–Kier alpha value is -4.86. The summed E-state index contributed by atoms with van der Waals surface area (Å²) in [5.41, 5.74) is 4.51. The Morgan fingerprint density at radius 1 is 0.946 bits per heavy atom. The molecule has 4 heterocycles. The maximum atomic E-state index is 13.1. The third-order valence-electron chi connectivity index (χ3n) is 6.45. The molecule has 5 aromatic rings. The predicted molar refractivity (Wildman–Crippen MR) is 136 cm³/mol. The summed E-state index contributed by atoms with van der Waals surface area (Å²) in [6, 6.07) is 19.3. The second kappa shape index (κ2) is 9.65. The molecule has 0 radical (unpaired) electrons. The molecular formula is C27H24N8O2. The number of fused-ring (bicyclic) bond motifs is 2. The average Bonchev–Trinajstić information content (AvgIpc) is 3.59. The number of benzene rings is 2. The first-order chi connectivity index (χ1) is 18.1. The Morgan fingerprint density at radius 2 is 1.84 bits per heavy atom. The van der Waals surface area contributed by atoms with Crippen LogP contribution in [0.25, 0.3) is 16.6 Å². The number of nitrogens with zero attached hydrogens (tertiary/aromatic N) is 7. The van der Waals surface area contributed by atoms with Crippen LogP contribution in [0.15, 0.2) is 79.3 Å². The molecule has 0 bridgehead atoms. The highest BCUT2D eigenvalue weighted by Crippen LogP contribution is 2.19. The largest absolute Gasteiger partial charge is 0.346 e. The van der Waals surface area contributed by atoms with Crippen molar-refractivity contribution in [2.75, 3.05) is 6.54 Å². The molecule has 0 unspecified atom stereocenters. The Morgan fingerprint density at radius 3 is 2.73 bits per heavy atom. The van der Waals surface area contributed by atoms with Crippen LogP contribution in [-0.2, 0) is 30.8 Å². The first-order valence-corrected chi connectivity index (χ1v) is 12.0. The number of amides is 2. The predicted octanol–water partition coefficient (Wildman–Crippen LogP) is 2.53. The van der Waals surface area contributed by atoms with Gasteiger partial charge in [0.05, 0.1) is 60.9 Å². The molecule has 3 aromatic heterocycles. The van der Waals surface area contributed by atoms with Gasteiger partial charge in [-0.05, 0) is 35.9 Å². The minimum absolute atomic E-state index is 0.0135. The van der Waals surface area contributed by atoms with Crippen LogP contribution in [0, 0.1) is 0 Å². The van der Waals surface area contributed by atoms with Crippen LogP contribution < -0.4 is 5.32 Å². The number of carbonyl (C=O) groups excluding carboxylic acids is 2. The molecule has 1 aliphatic rings. The fourth-order valence-electron chi connectivity index (χ4n) is 4.50. The van der Waals surface area contributed by atoms with Crippen LogP contribution in [0.2, 0.25) is 0 Å². The van der Waals surface area contributed by atoms with Crippen molar-refractivity contribution < 1.29 is 9.59 Å². The molecule has 10 heteroatoms. The van der Waals surface area contributed by atoms with E-state index in [4.69, 9.17) is 0 Å². The topological polar surface area (TPSA) is 111 Å². The lowest BCUT2D eigenvalue weighted by molar-refractivity contribution is -0.132. The van der Waals surface area contributed by atoms with Crippen LogP contribution in [0.4, 0.5) is 0 Å². The van der Waals surface area contributed by atoms with Gasteiger partial charge < -0.3 is 10.2 Å². The summed E-state index contributed by atoms with van der Waals surface area (Å²) in [6.45, 7) is 1.66. The Bertz CT molecular complexity index is 1590. The molecule has 37 heavy (non-hydrogen) atoms. The van der Waals surface area contributed by atoms with Crippen LogP contribution in [-0.4, -0.2) is 53.0 Å². The van der Waals surface area contributed by atoms with Crippen LogP contribution in [0.1, 0.15) is 27.3 Å². The van der Waals surface area contributed by atoms with Gasteiger partial charge >= 0.3 is 0 Å². The Kier molecular flexibility index (Phi) is 5.89. The highest BCUT2D eigenvalue weighted by molar-refractivity contribution is 5.95. The Balaban J connectivity index is 1.10. The van der Waals surface area contributed by atoms with Gasteiger partial charge in [-0.1, -0.05) is 30.3 Å². The van der Waals surface area contributed by atoms with Gasteiger partial charge in [0.2, 0.25) is 5.91 Å². The van der Waals surface area contributed by atoms with Crippen molar-refractivity contribution in [3.05, 3.63) is 102 Å². The quantitative estimate of drug-likeness (QED) is 0.390. The molecule has 0 saturated heterocycles. The third kappa shape index (κ3) is 4.68. The fraction of sp³-hybridized carbons (Fsp3) is 0.185. The number of hydrogen-bond donors (Lipinski definition) is 1. The first-order valence-electron chi connectivity index (χ1n) is 12.0. The van der Waals surface area contributed by atoms with Gasteiger partial charge in [0.25, 0.3) is 5.91 Å². The summed E-state index contributed by atoms with van der Waals surface area (Å²) < 4.78 is 1.80. The van der Waals surface area contributed by atoms with E-state index in [0.717, 1.165) is 27.8 Å². The van der Waals surface area contributed by atoms with Crippen molar-refractivity contribution >= 4 is 22.7 Å². The zero-order valence-corrected chi connectivity index (χ0v) is 20.0. The van der Waals surface area contributed by atoms with E-state index in [-0.39, 0.29) is 24.8 Å². The summed E-state index contributed by atoms with van der Waals surface area (Å²) in [6.07, 6.45) is 5.24. The second-order valence-electron chi connectivity index (χ2n) is 8.89. The number of aromatic nitrogens is 6. The van der Waals surface area contributed by atoms with E-state index in [2.05, 4.69) is 25.6 Å². The van der Waals surface area contributed by atoms with Crippen LogP contribution >= 0.6 is 0 Å². The zero-order valence-electron chi connectivity index (χ0n) is 20.0. The summed E-state index contributed by atoms with van der Waals surface area (Å²) in [4.78, 5) is 33.7. The standard InChI is InChI=1S/C27H24N8O2/c36-26(14-19-8-9-24-20(13-19)5-4-10-28-24)33-11-12-34-25(18-33)23(17-30-34)27(37)29-15-21-16-31-35(32-21)22-6-2-1-3-7-22/h1-10,13,16-17H,11-12,14-15,18H2,(H,29,37). The van der Waals surface area contributed by atoms with E-state index in [1.54, 1.807) is 28.2 Å². The van der Waals surface area contributed by atoms with Gasteiger partial charge in [0.1, 0.15) is 5.69 Å². The molecule has 6 rings (SSSR count). The lowest BCUT2D eigenvalue weighted by Gasteiger charge is -2.28. The maximum absolute atomic E-state index is 13.1. The molecule has 0 atom stereocenters. The zero-order chi connectivity index (χ0) is 25.2. The van der Waals surface area contributed by atoms with Crippen LogP contribution in [0.5, 0.6) is 0 Å². The third-order valence-corrected chi connectivity index (χ3v) is 6.45. The molecular weight excluding hydrogens is 468 g/mol. The van der Waals surface area contributed by atoms with Gasteiger partial charge in [0, 0.05) is 18.1 Å². The number of rotatable bonds is 6. The van der Waals surface area contributed by atoms with Gasteiger partial charge in [-0.15, -0.1) is 0 Å². The Labute approximate surface area is 212 Å². The number of pyridine rings is 1. The number of para-hydroxylation sites is 1. The summed E-state index contributed by atoms with van der Waals surface area (Å²) in [7, 11) is 0. The molecule has 10 nitrogen and oxygen atoms in total. The van der Waals surface area contributed by atoms with E-state index in [1.165, 1.54) is 4.80 Å². The summed E-state index contributed by atoms with van der Waals surface area (Å²) in [5.74, 6) is -0.244. The lowest BCUT2D eigenvalue weighted by Crippen LogP contribution is -2.40. The van der Waals surface area contributed by atoms with Crippen molar-refractivity contribution in [1.82, 2.24) is 40.0 Å². The van der Waals surface area contributed by atoms with Gasteiger partial charge in [-0.3, -0.25) is 19.3 Å². The van der Waals surface area contributed by atoms with Gasteiger partial charge in [-0.2, -0.15) is 20.1 Å². The minimum Gasteiger partial charge on any atom is -0.346 e. The second-order valence-corrected chi connectivity index (χ2v) is 8.89. The first kappa shape index (κ1) is 22.6. The van der Waals surface area contributed by atoms with E-state index in [0.29, 0.717) is 30.9 Å². The number of nitrogens with one attached hydrogen (secondary N) is 1. The van der Waals surface area contributed by atoms with Crippen molar-refractivity contribution in [3.8, 4) is 5.69 Å². The molecule has 1 N–H and O–H groups in total. The van der Waals surface area contributed by atoms with Crippen molar-refractivity contribution in [1.29, 1.82) is 0 Å². The van der Waals surface area contributed by atoms with Gasteiger partial charge in [-0.25, -0.2) is 0 Å². The smallest absolute Gasteiger partial charge is 0.255 e. The summed E-state index contributed by atoms with van der Waals surface area (Å²) >= 11 is 0. The highest BCUT2D eigenvalue weighted by atomic mass is 16.2. The van der Waals surface area contributed by atoms with E-state index in [9.17, 15) is 9.59 Å². The molecule has 184 valence electrons. The normalized spacial score (nSPS) is 12.9. The van der Waals surface area contributed by atoms with E-state index in [1.807, 2.05) is 60.7 Å². The molecule has 1 aliphatic heterocycles. The molecule has 0 aliphatic carbocycles. The SMILES string of the molecule is O=C(NCc1cnn(-c2ccccc2)n1)c1cnn2c1CN(C(=O)Cc1ccc3ncccc3c1)CC2. The summed E-state index contributed by atoms with van der Waals surface area (Å²) in [5, 5.41) is 17.0. The minimum atomic E-state index is -0.258. The van der Waals surface area contributed by atoms with E-state index >= 15 is 0 Å². The number of carbonyl (C=O) groups is 2. The lowest BCUT2D eigenvalue weighted by atomic mass is 10.1. The van der Waals surface area contributed by atoms with Crippen molar-refractivity contribution in [3.63, 3.8) is 0 Å². The molecule has 0 fully saturated rings. The highest BCUT2D eigenvalue weighted by Gasteiger charge is 2.26. The maximum Gasteiger partial charge on any atom is 0.255 e. The average molecular weight is 493 g/mol. The molecule has 2 aromatic carbocycles. The molecule has 0 spiro atoms. The molecule has 0 saturated carbocycles. The van der Waals surface area contributed by atoms with Crippen molar-refractivity contribution in [2.24, 2.45) is 0 Å². The monoisotopic (exact) mass is 492 g/mol. The van der Waals surface area contributed by atoms with Gasteiger partial charge in [0.15, 0.2) is 0 Å². The van der Waals surface area contributed by atoms with Crippen molar-refractivity contribution in [2.45, 2.75) is 26.1 Å². The van der Waals surface area contributed by atoms with Crippen LogP contribution in [0.3, 0.4) is 0 Å².